The van der Waals surface area contributed by atoms with Crippen molar-refractivity contribution in [2.45, 2.75) is 6.54 Å². The van der Waals surface area contributed by atoms with E-state index >= 15 is 0 Å². The number of rotatable bonds is 6. The Hall–Kier alpha value is -2.70. The number of fused-ring (bicyclic) bond motifs is 1. The van der Waals surface area contributed by atoms with E-state index in [1.165, 1.54) is 4.90 Å². The lowest BCUT2D eigenvalue weighted by Gasteiger charge is -2.29. The highest BCUT2D eigenvalue weighted by molar-refractivity contribution is 5.77. The summed E-state index contributed by atoms with van der Waals surface area (Å²) in [6, 6.07) is 17.5. The van der Waals surface area contributed by atoms with E-state index in [-0.39, 0.29) is 5.56 Å². The molecule has 27 heavy (non-hydrogen) atoms. The lowest BCUT2D eigenvalue weighted by Crippen LogP contribution is -3.27. The van der Waals surface area contributed by atoms with Gasteiger partial charge in [0, 0.05) is 0 Å². The fourth-order valence-corrected chi connectivity index (χ4v) is 3.67. The predicted octanol–water partition coefficient (Wildman–Crippen LogP) is -0.714. The highest BCUT2D eigenvalue weighted by Gasteiger charge is 2.23. The van der Waals surface area contributed by atoms with Crippen molar-refractivity contribution in [2.24, 2.45) is 0 Å². The van der Waals surface area contributed by atoms with Gasteiger partial charge in [0.15, 0.2) is 5.82 Å². The second kappa shape index (κ2) is 8.33. The van der Waals surface area contributed by atoms with Crippen molar-refractivity contribution in [1.29, 1.82) is 0 Å². The zero-order valence-electron chi connectivity index (χ0n) is 15.4. The molecule has 0 spiro atoms. The summed E-state index contributed by atoms with van der Waals surface area (Å²) < 4.78 is 5.81. The average Bonchev–Trinajstić information content (AvgIpc) is 2.70. The van der Waals surface area contributed by atoms with Gasteiger partial charge in [-0.1, -0.05) is 30.3 Å². The number of aromatic amines is 1. The highest BCUT2D eigenvalue weighted by atomic mass is 16.5. The van der Waals surface area contributed by atoms with E-state index in [4.69, 9.17) is 4.74 Å². The van der Waals surface area contributed by atoms with Crippen LogP contribution in [0.3, 0.4) is 0 Å². The zero-order chi connectivity index (χ0) is 18.5. The van der Waals surface area contributed by atoms with Gasteiger partial charge in [0.1, 0.15) is 51.6 Å². The summed E-state index contributed by atoms with van der Waals surface area (Å²) in [5, 5.41) is 0.656. The zero-order valence-corrected chi connectivity index (χ0v) is 15.4. The Labute approximate surface area is 158 Å². The SMILES string of the molecule is O=c1[nH]c(C[NH+]2CC[NH+](CCOc3ccccc3)CC2)nc2ccccc12. The standard InChI is InChI=1S/C21H24N4O2/c26-21-18-8-4-5-9-19(18)22-20(23-21)16-25-12-10-24(11-13-25)14-15-27-17-6-2-1-3-7-17/h1-9H,10-16H2,(H,22,23,26)/p+2. The molecule has 2 heterocycles. The van der Waals surface area contributed by atoms with Crippen LogP contribution in [0.2, 0.25) is 0 Å². The quantitative estimate of drug-likeness (QED) is 0.540. The Morgan fingerprint density at radius 2 is 1.63 bits per heavy atom. The van der Waals surface area contributed by atoms with Gasteiger partial charge in [0.2, 0.25) is 0 Å². The number of H-pyrrole nitrogens is 1. The fourth-order valence-electron chi connectivity index (χ4n) is 3.67. The summed E-state index contributed by atoms with van der Waals surface area (Å²) in [7, 11) is 0. The number of hydrogen-bond donors (Lipinski definition) is 3. The van der Waals surface area contributed by atoms with E-state index in [1.54, 1.807) is 4.90 Å². The molecule has 1 saturated heterocycles. The maximum Gasteiger partial charge on any atom is 0.258 e. The third-order valence-electron chi connectivity index (χ3n) is 5.21. The first kappa shape index (κ1) is 17.7. The molecule has 3 aromatic rings. The van der Waals surface area contributed by atoms with E-state index in [1.807, 2.05) is 54.6 Å². The lowest BCUT2D eigenvalue weighted by molar-refractivity contribution is -1.02. The van der Waals surface area contributed by atoms with Crippen molar-refractivity contribution in [3.63, 3.8) is 0 Å². The summed E-state index contributed by atoms with van der Waals surface area (Å²) in [5.41, 5.74) is 0.732. The van der Waals surface area contributed by atoms with Crippen LogP contribution in [0.1, 0.15) is 5.82 Å². The summed E-state index contributed by atoms with van der Waals surface area (Å²) in [4.78, 5) is 22.8. The molecule has 6 heteroatoms. The smallest absolute Gasteiger partial charge is 0.258 e. The number of para-hydroxylation sites is 2. The molecule has 1 aliphatic rings. The minimum atomic E-state index is -0.0441. The lowest BCUT2D eigenvalue weighted by atomic mass is 10.2. The van der Waals surface area contributed by atoms with Crippen molar-refractivity contribution in [1.82, 2.24) is 9.97 Å². The summed E-state index contributed by atoms with van der Waals surface area (Å²) in [5.74, 6) is 1.72. The third-order valence-corrected chi connectivity index (χ3v) is 5.21. The topological polar surface area (TPSA) is 63.9 Å². The number of benzene rings is 2. The van der Waals surface area contributed by atoms with Crippen molar-refractivity contribution >= 4 is 10.9 Å². The minimum Gasteiger partial charge on any atom is -0.488 e. The molecule has 1 fully saturated rings. The molecule has 0 amide bonds. The van der Waals surface area contributed by atoms with Crippen LogP contribution in [0.25, 0.3) is 10.9 Å². The van der Waals surface area contributed by atoms with Gasteiger partial charge in [-0.05, 0) is 24.3 Å². The Kier molecular flexibility index (Phi) is 5.46. The van der Waals surface area contributed by atoms with Gasteiger partial charge in [0.25, 0.3) is 5.56 Å². The molecule has 0 radical (unpaired) electrons. The molecule has 0 unspecified atom stereocenters. The number of quaternary nitrogens is 2. The second-order valence-corrected chi connectivity index (χ2v) is 7.12. The second-order valence-electron chi connectivity index (χ2n) is 7.12. The third kappa shape index (κ3) is 4.53. The molecule has 0 aliphatic carbocycles. The van der Waals surface area contributed by atoms with Crippen LogP contribution in [0.4, 0.5) is 0 Å². The molecule has 6 nitrogen and oxygen atoms in total. The summed E-state index contributed by atoms with van der Waals surface area (Å²) in [6.45, 7) is 6.93. The predicted molar refractivity (Wildman–Crippen MR) is 104 cm³/mol. The van der Waals surface area contributed by atoms with E-state index in [0.717, 1.165) is 63.0 Å². The minimum absolute atomic E-state index is 0.0441. The molecule has 2 aromatic carbocycles. The molecule has 4 rings (SSSR count). The van der Waals surface area contributed by atoms with Crippen LogP contribution in [-0.2, 0) is 6.54 Å². The molecule has 3 N–H and O–H groups in total. The number of nitrogens with one attached hydrogen (secondary N) is 3. The molecule has 0 atom stereocenters. The van der Waals surface area contributed by atoms with Gasteiger partial charge in [-0.15, -0.1) is 0 Å². The first-order valence-electron chi connectivity index (χ1n) is 9.61. The van der Waals surface area contributed by atoms with Crippen LogP contribution in [0.5, 0.6) is 5.75 Å². The van der Waals surface area contributed by atoms with Crippen LogP contribution < -0.4 is 20.1 Å². The molecular formula is C21H26N4O2+2. The van der Waals surface area contributed by atoms with Crippen LogP contribution in [-0.4, -0.2) is 49.3 Å². The number of hydrogen-bond acceptors (Lipinski definition) is 3. The number of aromatic nitrogens is 2. The normalized spacial score (nSPS) is 19.9. The van der Waals surface area contributed by atoms with E-state index < -0.39 is 0 Å². The maximum atomic E-state index is 12.2. The fraction of sp³-hybridized carbons (Fsp3) is 0.333. The molecule has 0 bridgehead atoms. The molecule has 1 aromatic heterocycles. The van der Waals surface area contributed by atoms with E-state index in [2.05, 4.69) is 9.97 Å². The molecular weight excluding hydrogens is 340 g/mol. The number of nitrogens with zero attached hydrogens (tertiary/aromatic N) is 1. The van der Waals surface area contributed by atoms with E-state index in [0.29, 0.717) is 5.39 Å². The van der Waals surface area contributed by atoms with Crippen molar-refractivity contribution in [3.8, 4) is 5.75 Å². The largest absolute Gasteiger partial charge is 0.488 e. The Morgan fingerprint density at radius 3 is 2.44 bits per heavy atom. The maximum absolute atomic E-state index is 12.2. The summed E-state index contributed by atoms with van der Waals surface area (Å²) in [6.07, 6.45) is 0. The summed E-state index contributed by atoms with van der Waals surface area (Å²) >= 11 is 0. The van der Waals surface area contributed by atoms with Gasteiger partial charge in [-0.2, -0.15) is 0 Å². The number of ether oxygens (including phenoxy) is 1. The first-order chi connectivity index (χ1) is 13.3. The van der Waals surface area contributed by atoms with Gasteiger partial charge in [-0.25, -0.2) is 4.98 Å². The Bertz CT molecular complexity index is 934. The molecule has 1 aliphatic heterocycles. The van der Waals surface area contributed by atoms with Crippen LogP contribution in [0.15, 0.2) is 59.4 Å². The van der Waals surface area contributed by atoms with Gasteiger partial charge in [0.05, 0.1) is 10.9 Å². The van der Waals surface area contributed by atoms with Gasteiger partial charge in [-0.3, -0.25) is 4.79 Å². The first-order valence-corrected chi connectivity index (χ1v) is 9.61. The Balaban J connectivity index is 1.26. The number of piperazine rings is 1. The van der Waals surface area contributed by atoms with Crippen LogP contribution >= 0.6 is 0 Å². The Morgan fingerprint density at radius 1 is 0.926 bits per heavy atom. The highest BCUT2D eigenvalue weighted by Crippen LogP contribution is 2.07. The molecule has 0 saturated carbocycles. The van der Waals surface area contributed by atoms with E-state index in [9.17, 15) is 4.79 Å². The van der Waals surface area contributed by atoms with Crippen LogP contribution in [0, 0.1) is 0 Å². The monoisotopic (exact) mass is 366 g/mol. The van der Waals surface area contributed by atoms with Gasteiger partial charge >= 0.3 is 0 Å². The van der Waals surface area contributed by atoms with Gasteiger partial charge < -0.3 is 19.5 Å². The van der Waals surface area contributed by atoms with Crippen molar-refractivity contribution in [3.05, 3.63) is 70.8 Å². The average molecular weight is 366 g/mol. The van der Waals surface area contributed by atoms with Crippen molar-refractivity contribution in [2.75, 3.05) is 39.3 Å². The molecule has 140 valence electrons. The van der Waals surface area contributed by atoms with Crippen molar-refractivity contribution < 1.29 is 14.5 Å².